The van der Waals surface area contributed by atoms with Gasteiger partial charge in [-0.05, 0) is 29.3 Å². The Bertz CT molecular complexity index is 762. The van der Waals surface area contributed by atoms with Crippen molar-refractivity contribution in [1.82, 2.24) is 4.90 Å². The van der Waals surface area contributed by atoms with Crippen LogP contribution >= 0.6 is 11.3 Å². The normalized spacial score (nSPS) is 16.1. The molecule has 1 unspecified atom stereocenters. The van der Waals surface area contributed by atoms with E-state index in [1.165, 1.54) is 17.4 Å². The molecule has 2 aromatic heterocycles. The van der Waals surface area contributed by atoms with Crippen LogP contribution in [-0.4, -0.2) is 42.2 Å². The van der Waals surface area contributed by atoms with E-state index in [-0.39, 0.29) is 18.1 Å². The Morgan fingerprint density at radius 1 is 1.42 bits per heavy atom. The number of rotatable bonds is 4. The first-order chi connectivity index (χ1) is 11.6. The van der Waals surface area contributed by atoms with Crippen molar-refractivity contribution in [3.8, 4) is 5.75 Å². The number of morpholine rings is 1. The fraction of sp³-hybridized carbons (Fsp3) is 0.412. The molecule has 128 valence electrons. The van der Waals surface area contributed by atoms with E-state index in [0.29, 0.717) is 32.1 Å². The summed E-state index contributed by atoms with van der Waals surface area (Å²) in [5.41, 5.74) is 0.360. The lowest BCUT2D eigenvalue weighted by Crippen LogP contribution is -2.41. The van der Waals surface area contributed by atoms with Crippen LogP contribution in [0.2, 0.25) is 0 Å². The maximum atomic E-state index is 12.6. The Hall–Kier alpha value is -2.12. The molecule has 2 aromatic rings. The van der Waals surface area contributed by atoms with Gasteiger partial charge in [-0.2, -0.15) is 11.3 Å². The minimum Gasteiger partial charge on any atom is -0.502 e. The van der Waals surface area contributed by atoms with Gasteiger partial charge in [-0.1, -0.05) is 0 Å². The molecule has 1 aliphatic rings. The molecule has 3 rings (SSSR count). The summed E-state index contributed by atoms with van der Waals surface area (Å²) in [5, 5.41) is 14.0. The van der Waals surface area contributed by atoms with Crippen LogP contribution < -0.4 is 5.43 Å². The van der Waals surface area contributed by atoms with Crippen molar-refractivity contribution in [2.24, 2.45) is 0 Å². The Morgan fingerprint density at radius 3 is 2.83 bits per heavy atom. The summed E-state index contributed by atoms with van der Waals surface area (Å²) in [6.45, 7) is 3.82. The second kappa shape index (κ2) is 7.19. The Morgan fingerprint density at radius 2 is 2.17 bits per heavy atom. The molecule has 1 N–H and O–H groups in total. The molecular weight excluding hydrogens is 330 g/mol. The smallest absolute Gasteiger partial charge is 0.227 e. The predicted octanol–water partition coefficient (Wildman–Crippen LogP) is 2.10. The van der Waals surface area contributed by atoms with Crippen molar-refractivity contribution in [2.75, 3.05) is 26.3 Å². The van der Waals surface area contributed by atoms with Gasteiger partial charge in [0.2, 0.25) is 17.1 Å². The third-order valence-electron chi connectivity index (χ3n) is 4.08. The molecule has 1 amide bonds. The van der Waals surface area contributed by atoms with Crippen LogP contribution in [0.15, 0.2) is 32.1 Å². The van der Waals surface area contributed by atoms with Gasteiger partial charge >= 0.3 is 0 Å². The van der Waals surface area contributed by atoms with E-state index in [9.17, 15) is 14.7 Å². The van der Waals surface area contributed by atoms with Gasteiger partial charge in [0.15, 0.2) is 5.76 Å². The van der Waals surface area contributed by atoms with E-state index < -0.39 is 17.1 Å². The number of aryl methyl sites for hydroxylation is 1. The number of hydrogen-bond donors (Lipinski definition) is 1. The molecule has 1 atom stereocenters. The number of ether oxygens (including phenoxy) is 1. The maximum absolute atomic E-state index is 12.6. The highest BCUT2D eigenvalue weighted by atomic mass is 32.1. The maximum Gasteiger partial charge on any atom is 0.227 e. The van der Waals surface area contributed by atoms with Gasteiger partial charge < -0.3 is 19.2 Å². The number of amides is 1. The minimum absolute atomic E-state index is 0.0435. The first-order valence-corrected chi connectivity index (χ1v) is 8.71. The minimum atomic E-state index is -0.493. The van der Waals surface area contributed by atoms with E-state index >= 15 is 0 Å². The first-order valence-electron chi connectivity index (χ1n) is 7.77. The van der Waals surface area contributed by atoms with Gasteiger partial charge in [-0.3, -0.25) is 9.59 Å². The fourth-order valence-electron chi connectivity index (χ4n) is 2.81. The van der Waals surface area contributed by atoms with Gasteiger partial charge in [0.05, 0.1) is 19.1 Å². The van der Waals surface area contributed by atoms with Crippen LogP contribution in [0, 0.1) is 6.92 Å². The SMILES string of the molecule is Cc1cc(=O)c(O)c(C(CC(=O)N2CCOCC2)c2ccsc2)o1. The van der Waals surface area contributed by atoms with E-state index in [0.717, 1.165) is 5.56 Å². The molecule has 0 radical (unpaired) electrons. The predicted molar refractivity (Wildman–Crippen MR) is 89.6 cm³/mol. The number of hydrogen-bond acceptors (Lipinski definition) is 6. The molecule has 0 aliphatic carbocycles. The third kappa shape index (κ3) is 3.52. The number of aromatic hydroxyl groups is 1. The van der Waals surface area contributed by atoms with Crippen LogP contribution in [0.5, 0.6) is 5.75 Å². The van der Waals surface area contributed by atoms with Gasteiger partial charge in [0.25, 0.3) is 0 Å². The number of nitrogens with zero attached hydrogens (tertiary/aromatic N) is 1. The van der Waals surface area contributed by atoms with E-state index in [2.05, 4.69) is 0 Å². The summed E-state index contributed by atoms with van der Waals surface area (Å²) in [6, 6.07) is 3.12. The van der Waals surface area contributed by atoms with E-state index in [1.54, 1.807) is 11.8 Å². The van der Waals surface area contributed by atoms with Crippen molar-refractivity contribution in [3.05, 3.63) is 50.2 Å². The molecule has 1 aliphatic heterocycles. The number of thiophene rings is 1. The van der Waals surface area contributed by atoms with Gasteiger partial charge in [-0.15, -0.1) is 0 Å². The Kier molecular flexibility index (Phi) is 5.01. The lowest BCUT2D eigenvalue weighted by atomic mass is 9.93. The van der Waals surface area contributed by atoms with Crippen LogP contribution in [0.25, 0.3) is 0 Å². The summed E-state index contributed by atoms with van der Waals surface area (Å²) >= 11 is 1.49. The molecule has 1 fully saturated rings. The molecule has 0 saturated carbocycles. The summed E-state index contributed by atoms with van der Waals surface area (Å²) in [5.74, 6) is -0.393. The largest absolute Gasteiger partial charge is 0.502 e. The zero-order valence-electron chi connectivity index (χ0n) is 13.4. The molecule has 7 heteroatoms. The average molecular weight is 349 g/mol. The highest BCUT2D eigenvalue weighted by molar-refractivity contribution is 7.08. The third-order valence-corrected chi connectivity index (χ3v) is 4.78. The summed E-state index contributed by atoms with van der Waals surface area (Å²) in [4.78, 5) is 26.3. The van der Waals surface area contributed by atoms with Crippen molar-refractivity contribution in [3.63, 3.8) is 0 Å². The lowest BCUT2D eigenvalue weighted by molar-refractivity contribution is -0.135. The molecule has 0 bridgehead atoms. The van der Waals surface area contributed by atoms with Gasteiger partial charge in [0, 0.05) is 25.6 Å². The van der Waals surface area contributed by atoms with Crippen molar-refractivity contribution in [2.45, 2.75) is 19.3 Å². The molecule has 0 aromatic carbocycles. The van der Waals surface area contributed by atoms with Crippen LogP contribution in [0.3, 0.4) is 0 Å². The summed E-state index contributed by atoms with van der Waals surface area (Å²) in [6.07, 6.45) is 0.136. The van der Waals surface area contributed by atoms with Crippen molar-refractivity contribution >= 4 is 17.2 Å². The highest BCUT2D eigenvalue weighted by Crippen LogP contribution is 2.34. The van der Waals surface area contributed by atoms with Crippen LogP contribution in [0.1, 0.15) is 29.4 Å². The average Bonchev–Trinajstić information content (AvgIpc) is 3.11. The standard InChI is InChI=1S/C17H19NO5S/c1-11-8-14(19)16(21)17(23-11)13(12-2-7-24-10-12)9-15(20)18-3-5-22-6-4-18/h2,7-8,10,13,21H,3-6,9H2,1H3. The first kappa shape index (κ1) is 16.7. The molecule has 3 heterocycles. The van der Waals surface area contributed by atoms with Crippen molar-refractivity contribution < 1.29 is 19.1 Å². The molecular formula is C17H19NO5S. The molecule has 24 heavy (non-hydrogen) atoms. The second-order valence-corrected chi connectivity index (χ2v) is 6.52. The molecule has 0 spiro atoms. The molecule has 6 nitrogen and oxygen atoms in total. The van der Waals surface area contributed by atoms with E-state index in [1.807, 2.05) is 16.8 Å². The number of carbonyl (C=O) groups is 1. The highest BCUT2D eigenvalue weighted by Gasteiger charge is 2.28. The van der Waals surface area contributed by atoms with Crippen LogP contribution in [0.4, 0.5) is 0 Å². The zero-order valence-corrected chi connectivity index (χ0v) is 14.2. The molecule has 1 saturated heterocycles. The van der Waals surface area contributed by atoms with Crippen molar-refractivity contribution in [1.29, 1.82) is 0 Å². The topological polar surface area (TPSA) is 80.0 Å². The van der Waals surface area contributed by atoms with Crippen LogP contribution in [-0.2, 0) is 9.53 Å². The van der Waals surface area contributed by atoms with Gasteiger partial charge in [-0.25, -0.2) is 0 Å². The fourth-order valence-corrected chi connectivity index (χ4v) is 3.53. The lowest BCUT2D eigenvalue weighted by Gasteiger charge is -2.28. The Balaban J connectivity index is 1.93. The second-order valence-electron chi connectivity index (χ2n) is 5.74. The van der Waals surface area contributed by atoms with Gasteiger partial charge in [0.1, 0.15) is 5.76 Å². The summed E-state index contributed by atoms with van der Waals surface area (Å²) in [7, 11) is 0. The zero-order chi connectivity index (χ0) is 17.1. The number of carbonyl (C=O) groups excluding carboxylic acids is 1. The van der Waals surface area contributed by atoms with E-state index in [4.69, 9.17) is 9.15 Å². The summed E-state index contributed by atoms with van der Waals surface area (Å²) < 4.78 is 10.9. The Labute approximate surface area is 143 Å². The quantitative estimate of drug-likeness (QED) is 0.914. The monoisotopic (exact) mass is 349 g/mol.